The molecule has 1 fully saturated rings. The molecule has 0 unspecified atom stereocenters. The molecule has 1 aromatic heterocycles. The van der Waals surface area contributed by atoms with Crippen molar-refractivity contribution in [1.29, 1.82) is 0 Å². The molecule has 1 heterocycles. The third kappa shape index (κ3) is 6.20. The lowest BCUT2D eigenvalue weighted by Gasteiger charge is -2.36. The van der Waals surface area contributed by atoms with Crippen molar-refractivity contribution in [2.24, 2.45) is 0 Å². The molecule has 1 aromatic carbocycles. The molecule has 1 atom stereocenters. The van der Waals surface area contributed by atoms with Gasteiger partial charge in [-0.2, -0.15) is 0 Å². The number of hydrogen-bond donors (Lipinski definition) is 2. The number of benzene rings is 1. The van der Waals surface area contributed by atoms with Gasteiger partial charge >= 0.3 is 0 Å². The van der Waals surface area contributed by atoms with Crippen LogP contribution in [0.2, 0.25) is 0 Å². The van der Waals surface area contributed by atoms with Crippen LogP contribution in [-0.4, -0.2) is 43.8 Å². The second-order valence-electron chi connectivity index (χ2n) is 7.98. The number of hydrogen-bond acceptors (Lipinski definition) is 5. The minimum Gasteiger partial charge on any atom is -0.467 e. The van der Waals surface area contributed by atoms with E-state index >= 15 is 0 Å². The molecule has 3 rings (SSSR count). The Morgan fingerprint density at radius 1 is 1.12 bits per heavy atom. The standard InChI is InChI=1S/C23H31N3O5S/c1-2-9-21(23(28)24-16-19-12-8-15-31-19)26(18-10-6-7-11-18)22(27)17-25-32(29,30)20-13-4-3-5-14-20/h3-5,8,12-15,18,21,25H,2,6-7,9-11,16-17H2,1H3,(H,24,28)/t21-/m1/s1. The van der Waals surface area contributed by atoms with Crippen molar-refractivity contribution in [3.63, 3.8) is 0 Å². The Hall–Kier alpha value is -2.65. The zero-order valence-electron chi connectivity index (χ0n) is 18.3. The zero-order valence-corrected chi connectivity index (χ0v) is 19.1. The first-order valence-corrected chi connectivity index (χ1v) is 12.6. The summed E-state index contributed by atoms with van der Waals surface area (Å²) in [6.45, 7) is 1.81. The Balaban J connectivity index is 1.73. The van der Waals surface area contributed by atoms with Gasteiger partial charge in [-0.1, -0.05) is 44.4 Å². The SMILES string of the molecule is CCC[C@H](C(=O)NCc1ccco1)N(C(=O)CNS(=O)(=O)c1ccccc1)C1CCCC1. The first kappa shape index (κ1) is 24.0. The summed E-state index contributed by atoms with van der Waals surface area (Å²) in [6.07, 6.45) is 6.33. The van der Waals surface area contributed by atoms with Gasteiger partial charge < -0.3 is 14.6 Å². The molecule has 1 saturated carbocycles. The van der Waals surface area contributed by atoms with E-state index in [1.54, 1.807) is 35.2 Å². The normalized spacial score (nSPS) is 15.4. The molecular weight excluding hydrogens is 430 g/mol. The summed E-state index contributed by atoms with van der Waals surface area (Å²) in [5, 5.41) is 2.86. The number of rotatable bonds is 11. The smallest absolute Gasteiger partial charge is 0.243 e. The molecule has 0 spiro atoms. The van der Waals surface area contributed by atoms with E-state index < -0.39 is 16.1 Å². The van der Waals surface area contributed by atoms with Crippen molar-refractivity contribution in [2.45, 2.75) is 69.0 Å². The van der Waals surface area contributed by atoms with E-state index in [9.17, 15) is 18.0 Å². The quantitative estimate of drug-likeness (QED) is 0.535. The highest BCUT2D eigenvalue weighted by molar-refractivity contribution is 7.89. The van der Waals surface area contributed by atoms with E-state index in [-0.39, 0.29) is 35.8 Å². The van der Waals surface area contributed by atoms with Gasteiger partial charge in [0.05, 0.1) is 24.2 Å². The van der Waals surface area contributed by atoms with Crippen LogP contribution in [0.25, 0.3) is 0 Å². The summed E-state index contributed by atoms with van der Waals surface area (Å²) >= 11 is 0. The highest BCUT2D eigenvalue weighted by Gasteiger charge is 2.36. The number of furan rings is 1. The molecule has 0 saturated heterocycles. The van der Waals surface area contributed by atoms with E-state index in [0.717, 1.165) is 25.7 Å². The minimum atomic E-state index is -3.82. The van der Waals surface area contributed by atoms with Crippen molar-refractivity contribution < 1.29 is 22.4 Å². The topological polar surface area (TPSA) is 109 Å². The largest absolute Gasteiger partial charge is 0.467 e. The van der Waals surface area contributed by atoms with Crippen molar-refractivity contribution >= 4 is 21.8 Å². The fraction of sp³-hybridized carbons (Fsp3) is 0.478. The zero-order chi connectivity index (χ0) is 23.0. The second-order valence-corrected chi connectivity index (χ2v) is 9.75. The summed E-state index contributed by atoms with van der Waals surface area (Å²) < 4.78 is 32.8. The van der Waals surface area contributed by atoms with E-state index in [1.165, 1.54) is 18.4 Å². The summed E-state index contributed by atoms with van der Waals surface area (Å²) in [5.41, 5.74) is 0. The Labute approximate surface area is 189 Å². The van der Waals surface area contributed by atoms with Crippen LogP contribution < -0.4 is 10.0 Å². The van der Waals surface area contributed by atoms with Crippen molar-refractivity contribution in [2.75, 3.05) is 6.54 Å². The first-order chi connectivity index (χ1) is 15.4. The van der Waals surface area contributed by atoms with E-state index in [2.05, 4.69) is 10.0 Å². The summed E-state index contributed by atoms with van der Waals surface area (Å²) in [6, 6.07) is 10.7. The van der Waals surface area contributed by atoms with E-state index in [4.69, 9.17) is 4.42 Å². The average molecular weight is 462 g/mol. The van der Waals surface area contributed by atoms with Gasteiger partial charge in [0, 0.05) is 6.04 Å². The molecule has 0 radical (unpaired) electrons. The number of sulfonamides is 1. The highest BCUT2D eigenvalue weighted by Crippen LogP contribution is 2.27. The molecule has 1 aliphatic rings. The molecule has 0 aliphatic heterocycles. The number of carbonyl (C=O) groups excluding carboxylic acids is 2. The van der Waals surface area contributed by atoms with Crippen molar-refractivity contribution in [3.05, 3.63) is 54.5 Å². The van der Waals surface area contributed by atoms with Crippen LogP contribution in [0.4, 0.5) is 0 Å². The Morgan fingerprint density at radius 2 is 1.84 bits per heavy atom. The fourth-order valence-electron chi connectivity index (χ4n) is 4.12. The molecular formula is C23H31N3O5S. The molecule has 8 nitrogen and oxygen atoms in total. The lowest BCUT2D eigenvalue weighted by Crippen LogP contribution is -2.55. The van der Waals surface area contributed by atoms with E-state index in [0.29, 0.717) is 18.6 Å². The Morgan fingerprint density at radius 3 is 2.47 bits per heavy atom. The summed E-state index contributed by atoms with van der Waals surface area (Å²) in [5.74, 6) is -0.0135. The van der Waals surface area contributed by atoms with Crippen LogP contribution in [0.1, 0.15) is 51.2 Å². The van der Waals surface area contributed by atoms with Gasteiger partial charge in [-0.3, -0.25) is 9.59 Å². The fourth-order valence-corrected chi connectivity index (χ4v) is 5.12. The molecule has 174 valence electrons. The summed E-state index contributed by atoms with van der Waals surface area (Å²) in [7, 11) is -3.82. The maximum atomic E-state index is 13.3. The van der Waals surface area contributed by atoms with Crippen LogP contribution in [0.5, 0.6) is 0 Å². The van der Waals surface area contributed by atoms with Crippen LogP contribution in [0, 0.1) is 0 Å². The monoisotopic (exact) mass is 461 g/mol. The molecule has 1 aliphatic carbocycles. The number of carbonyl (C=O) groups is 2. The third-order valence-electron chi connectivity index (χ3n) is 5.69. The Kier molecular flexibility index (Phi) is 8.46. The minimum absolute atomic E-state index is 0.0744. The van der Waals surface area contributed by atoms with Crippen LogP contribution in [0.3, 0.4) is 0 Å². The van der Waals surface area contributed by atoms with E-state index in [1.807, 2.05) is 6.92 Å². The van der Waals surface area contributed by atoms with Crippen molar-refractivity contribution in [1.82, 2.24) is 14.9 Å². The predicted molar refractivity (Wildman–Crippen MR) is 120 cm³/mol. The van der Waals surface area contributed by atoms with Crippen LogP contribution in [0.15, 0.2) is 58.0 Å². The number of nitrogens with zero attached hydrogens (tertiary/aromatic N) is 1. The van der Waals surface area contributed by atoms with Gasteiger partial charge in [0.15, 0.2) is 0 Å². The first-order valence-electron chi connectivity index (χ1n) is 11.1. The van der Waals surface area contributed by atoms with Gasteiger partial charge in [-0.05, 0) is 43.5 Å². The lowest BCUT2D eigenvalue weighted by atomic mass is 10.0. The number of amides is 2. The van der Waals surface area contributed by atoms with Crippen LogP contribution >= 0.6 is 0 Å². The Bertz CT molecular complexity index is 970. The predicted octanol–water partition coefficient (Wildman–Crippen LogP) is 2.81. The molecule has 2 aromatic rings. The average Bonchev–Trinajstić information content (AvgIpc) is 3.51. The van der Waals surface area contributed by atoms with Gasteiger partial charge in [-0.15, -0.1) is 0 Å². The molecule has 32 heavy (non-hydrogen) atoms. The molecule has 9 heteroatoms. The molecule has 2 N–H and O–H groups in total. The summed E-state index contributed by atoms with van der Waals surface area (Å²) in [4.78, 5) is 28.0. The molecule has 0 bridgehead atoms. The van der Waals surface area contributed by atoms with Gasteiger partial charge in [0.25, 0.3) is 0 Å². The maximum absolute atomic E-state index is 13.3. The molecule has 2 amide bonds. The lowest BCUT2D eigenvalue weighted by molar-refractivity contribution is -0.142. The van der Waals surface area contributed by atoms with Gasteiger partial charge in [0.1, 0.15) is 11.8 Å². The van der Waals surface area contributed by atoms with Crippen molar-refractivity contribution in [3.8, 4) is 0 Å². The third-order valence-corrected chi connectivity index (χ3v) is 7.11. The van der Waals surface area contributed by atoms with Crippen LogP contribution in [-0.2, 0) is 26.2 Å². The highest BCUT2D eigenvalue weighted by atomic mass is 32.2. The second kappa shape index (κ2) is 11.3. The van der Waals surface area contributed by atoms with Gasteiger partial charge in [-0.25, -0.2) is 13.1 Å². The van der Waals surface area contributed by atoms with Gasteiger partial charge in [0.2, 0.25) is 21.8 Å². The maximum Gasteiger partial charge on any atom is 0.243 e. The number of nitrogens with one attached hydrogen (secondary N) is 2.